The van der Waals surface area contributed by atoms with Crippen LogP contribution in [-0.2, 0) is 54.2 Å². The summed E-state index contributed by atoms with van der Waals surface area (Å²) in [6.45, 7) is 4.07. The molecule has 5 atom stereocenters. The quantitative estimate of drug-likeness (QED) is 0.321. The van der Waals surface area contributed by atoms with Crippen LogP contribution in [0.5, 0.6) is 5.75 Å². The summed E-state index contributed by atoms with van der Waals surface area (Å²) in [5, 5.41) is 4.03. The molecular weight excluding hydrogens is 506 g/mol. The monoisotopic (exact) mass is 535 g/mol. The first-order valence-corrected chi connectivity index (χ1v) is 11.6. The molecule has 206 valence electrons. The number of aromatic nitrogens is 1. The van der Waals surface area contributed by atoms with Gasteiger partial charge in [-0.2, -0.15) is 0 Å². The first-order chi connectivity index (χ1) is 18.1. The predicted octanol–water partition coefficient (Wildman–Crippen LogP) is 1.95. The van der Waals surface area contributed by atoms with Crippen molar-refractivity contribution in [3.63, 3.8) is 0 Å². The summed E-state index contributed by atoms with van der Waals surface area (Å²) in [7, 11) is 1.56. The van der Waals surface area contributed by atoms with E-state index in [4.69, 9.17) is 37.7 Å². The standard InChI is InChI=1S/C25H29NO12/c1-13(27)32-12-21-22(34-14(2)28)23(35-15(3)29)24(36-16(4)30)25(37-21)33-11-19-10-20(26-38-19)17-6-8-18(31-5)9-7-17/h6-10,21-25H,11-12H2,1-5H3/t21-,22-,23+,24-,25+/m0/s1. The van der Waals surface area contributed by atoms with E-state index in [1.807, 2.05) is 0 Å². The van der Waals surface area contributed by atoms with E-state index in [0.717, 1.165) is 26.3 Å². The maximum Gasteiger partial charge on any atom is 0.303 e. The summed E-state index contributed by atoms with van der Waals surface area (Å²) < 4.78 is 43.4. The lowest BCUT2D eigenvalue weighted by Gasteiger charge is -2.43. The van der Waals surface area contributed by atoms with Gasteiger partial charge >= 0.3 is 23.9 Å². The molecule has 38 heavy (non-hydrogen) atoms. The highest BCUT2D eigenvalue weighted by Crippen LogP contribution is 2.31. The highest BCUT2D eigenvalue weighted by atomic mass is 16.7. The third kappa shape index (κ3) is 7.76. The van der Waals surface area contributed by atoms with Gasteiger partial charge in [-0.1, -0.05) is 5.16 Å². The fraction of sp³-hybridized carbons (Fsp3) is 0.480. The van der Waals surface area contributed by atoms with Crippen LogP contribution in [0.15, 0.2) is 34.9 Å². The summed E-state index contributed by atoms with van der Waals surface area (Å²) in [5.74, 6) is -1.82. The van der Waals surface area contributed by atoms with E-state index < -0.39 is 54.6 Å². The number of carbonyl (C=O) groups is 4. The lowest BCUT2D eigenvalue weighted by Crippen LogP contribution is -2.62. The van der Waals surface area contributed by atoms with Crippen molar-refractivity contribution in [1.82, 2.24) is 5.16 Å². The smallest absolute Gasteiger partial charge is 0.303 e. The van der Waals surface area contributed by atoms with Crippen molar-refractivity contribution in [3.8, 4) is 17.0 Å². The van der Waals surface area contributed by atoms with Gasteiger partial charge in [0.2, 0.25) is 0 Å². The molecule has 1 fully saturated rings. The van der Waals surface area contributed by atoms with E-state index >= 15 is 0 Å². The highest BCUT2D eigenvalue weighted by Gasteiger charge is 2.52. The summed E-state index contributed by atoms with van der Waals surface area (Å²) in [4.78, 5) is 47.1. The van der Waals surface area contributed by atoms with E-state index in [0.29, 0.717) is 17.2 Å². The largest absolute Gasteiger partial charge is 0.497 e. The number of hydrogen-bond acceptors (Lipinski definition) is 13. The van der Waals surface area contributed by atoms with Gasteiger partial charge in [-0.3, -0.25) is 19.2 Å². The Balaban J connectivity index is 1.84. The molecule has 13 nitrogen and oxygen atoms in total. The van der Waals surface area contributed by atoms with Crippen LogP contribution < -0.4 is 4.74 Å². The van der Waals surface area contributed by atoms with Crippen LogP contribution in [0.25, 0.3) is 11.3 Å². The summed E-state index contributed by atoms with van der Waals surface area (Å²) in [6, 6.07) is 8.81. The van der Waals surface area contributed by atoms with E-state index in [1.54, 1.807) is 37.4 Å². The molecule has 1 aromatic heterocycles. The Morgan fingerprint density at radius 1 is 0.842 bits per heavy atom. The molecule has 1 saturated heterocycles. The summed E-state index contributed by atoms with van der Waals surface area (Å²) >= 11 is 0. The molecule has 0 bridgehead atoms. The topological polar surface area (TPSA) is 159 Å². The zero-order chi connectivity index (χ0) is 27.8. The molecule has 0 radical (unpaired) electrons. The van der Waals surface area contributed by atoms with Gasteiger partial charge in [-0.15, -0.1) is 0 Å². The normalized spacial score (nSPS) is 22.7. The van der Waals surface area contributed by atoms with E-state index in [-0.39, 0.29) is 13.2 Å². The molecule has 0 N–H and O–H groups in total. The second-order valence-corrected chi connectivity index (χ2v) is 8.29. The molecule has 1 aliphatic rings. The van der Waals surface area contributed by atoms with Gasteiger partial charge in [0.05, 0.1) is 7.11 Å². The Morgan fingerprint density at radius 3 is 2.03 bits per heavy atom. The van der Waals surface area contributed by atoms with Crippen molar-refractivity contribution < 1.29 is 56.9 Å². The molecule has 0 amide bonds. The lowest BCUT2D eigenvalue weighted by atomic mass is 9.98. The number of rotatable bonds is 10. The third-order valence-corrected chi connectivity index (χ3v) is 5.28. The van der Waals surface area contributed by atoms with Crippen LogP contribution in [-0.4, -0.2) is 73.5 Å². The van der Waals surface area contributed by atoms with E-state index in [2.05, 4.69) is 5.16 Å². The molecule has 3 rings (SSSR count). The van der Waals surface area contributed by atoms with Crippen LogP contribution in [0.4, 0.5) is 0 Å². The lowest BCUT2D eigenvalue weighted by molar-refractivity contribution is -0.311. The van der Waals surface area contributed by atoms with Crippen molar-refractivity contribution in [1.29, 1.82) is 0 Å². The molecular formula is C25H29NO12. The van der Waals surface area contributed by atoms with Crippen molar-refractivity contribution in [2.24, 2.45) is 0 Å². The van der Waals surface area contributed by atoms with Crippen LogP contribution in [0.1, 0.15) is 33.5 Å². The fourth-order valence-electron chi connectivity index (χ4n) is 3.77. The predicted molar refractivity (Wildman–Crippen MR) is 125 cm³/mol. The summed E-state index contributed by atoms with van der Waals surface area (Å²) in [6.07, 6.45) is -6.38. The SMILES string of the molecule is COc1ccc(-c2cc(CO[C@@H]3O[C@@H](COC(C)=O)[C@H](OC(C)=O)[C@@H](OC(C)=O)[C@@H]3OC(C)=O)on2)cc1. The second-order valence-electron chi connectivity index (χ2n) is 8.29. The molecule has 0 saturated carbocycles. The van der Waals surface area contributed by atoms with Gasteiger partial charge in [0.25, 0.3) is 0 Å². The average molecular weight is 536 g/mol. The number of methoxy groups -OCH3 is 1. The van der Waals surface area contributed by atoms with Gasteiger partial charge in [-0.25, -0.2) is 0 Å². The van der Waals surface area contributed by atoms with Gasteiger partial charge in [0, 0.05) is 39.3 Å². The minimum atomic E-state index is -1.33. The van der Waals surface area contributed by atoms with Crippen molar-refractivity contribution in [2.45, 2.75) is 65.0 Å². The number of nitrogens with zero attached hydrogens (tertiary/aromatic N) is 1. The number of carbonyl (C=O) groups excluding carboxylic acids is 4. The molecule has 2 aromatic rings. The Morgan fingerprint density at radius 2 is 1.45 bits per heavy atom. The zero-order valence-electron chi connectivity index (χ0n) is 21.5. The average Bonchev–Trinajstić information content (AvgIpc) is 3.33. The maximum atomic E-state index is 11.9. The minimum absolute atomic E-state index is 0.184. The zero-order valence-corrected chi connectivity index (χ0v) is 21.5. The number of hydrogen-bond donors (Lipinski definition) is 0. The molecule has 0 spiro atoms. The number of benzene rings is 1. The van der Waals surface area contributed by atoms with Crippen molar-refractivity contribution >= 4 is 23.9 Å². The van der Waals surface area contributed by atoms with Gasteiger partial charge in [0.1, 0.15) is 30.8 Å². The van der Waals surface area contributed by atoms with Crippen LogP contribution in [0.3, 0.4) is 0 Å². The molecule has 13 heteroatoms. The minimum Gasteiger partial charge on any atom is -0.497 e. The van der Waals surface area contributed by atoms with E-state index in [9.17, 15) is 19.2 Å². The molecule has 2 heterocycles. The Kier molecular flexibility index (Phi) is 9.79. The van der Waals surface area contributed by atoms with Gasteiger partial charge in [-0.05, 0) is 24.3 Å². The second kappa shape index (κ2) is 13.0. The van der Waals surface area contributed by atoms with Crippen molar-refractivity contribution in [2.75, 3.05) is 13.7 Å². The molecule has 1 aromatic carbocycles. The fourth-order valence-corrected chi connectivity index (χ4v) is 3.77. The Labute approximate surface area is 218 Å². The molecule has 1 aliphatic heterocycles. The third-order valence-electron chi connectivity index (χ3n) is 5.28. The number of esters is 4. The first kappa shape index (κ1) is 28.6. The summed E-state index contributed by atoms with van der Waals surface area (Å²) in [5.41, 5.74) is 1.31. The van der Waals surface area contributed by atoms with Crippen molar-refractivity contribution in [3.05, 3.63) is 36.1 Å². The molecule has 0 aliphatic carbocycles. The van der Waals surface area contributed by atoms with E-state index in [1.165, 1.54) is 6.92 Å². The van der Waals surface area contributed by atoms with Crippen LogP contribution in [0.2, 0.25) is 0 Å². The Hall–Kier alpha value is -3.97. The van der Waals surface area contributed by atoms with Crippen LogP contribution in [0, 0.1) is 0 Å². The number of ether oxygens (including phenoxy) is 7. The highest BCUT2D eigenvalue weighted by molar-refractivity contribution is 5.68. The van der Waals surface area contributed by atoms with Crippen LogP contribution >= 0.6 is 0 Å². The van der Waals surface area contributed by atoms with Gasteiger partial charge < -0.3 is 37.7 Å². The first-order valence-electron chi connectivity index (χ1n) is 11.6. The molecule has 0 unspecified atom stereocenters. The maximum absolute atomic E-state index is 11.9. The van der Waals surface area contributed by atoms with Gasteiger partial charge in [0.15, 0.2) is 30.4 Å². The Bertz CT molecular complexity index is 1130.